The molecule has 0 atom stereocenters. The average molecular weight is 572 g/mol. The third kappa shape index (κ3) is 11.7. The van der Waals surface area contributed by atoms with Crippen LogP contribution in [0.2, 0.25) is 0 Å². The maximum atomic E-state index is 9.55. The Bertz CT molecular complexity index is 1320. The Balaban J connectivity index is 0.000000304. The van der Waals surface area contributed by atoms with Crippen LogP contribution in [-0.4, -0.2) is 89.4 Å². The Morgan fingerprint density at radius 1 is 0.951 bits per heavy atom. The molecular weight excluding hydrogens is 538 g/mol. The van der Waals surface area contributed by atoms with Crippen molar-refractivity contribution in [2.24, 2.45) is 0 Å². The Morgan fingerprint density at radius 2 is 1.51 bits per heavy atom. The Morgan fingerprint density at radius 3 is 1.98 bits per heavy atom. The number of nitrogens with zero attached hydrogens (tertiary/aromatic N) is 4. The summed E-state index contributed by atoms with van der Waals surface area (Å²) in [7, 11) is 0. The van der Waals surface area contributed by atoms with Crippen LogP contribution in [0.15, 0.2) is 59.2 Å². The number of furan rings is 1. The summed E-state index contributed by atoms with van der Waals surface area (Å²) < 4.78 is 7.89. The topological polar surface area (TPSA) is 208 Å². The van der Waals surface area contributed by atoms with E-state index in [0.717, 1.165) is 61.1 Å². The molecule has 0 radical (unpaired) electrons. The second-order valence-corrected chi connectivity index (χ2v) is 8.75. The normalized spacial score (nSPS) is 13.8. The summed E-state index contributed by atoms with van der Waals surface area (Å²) in [6.07, 6.45) is 6.33. The number of piperidine rings is 1. The molecule has 5 N–H and O–H groups in total. The summed E-state index contributed by atoms with van der Waals surface area (Å²) in [5.74, 6) is -2.29. The molecule has 14 nitrogen and oxygen atoms in total. The molecule has 3 aromatic heterocycles. The number of pyridine rings is 1. The van der Waals surface area contributed by atoms with Crippen LogP contribution in [0, 0.1) is 6.92 Å². The van der Waals surface area contributed by atoms with E-state index in [4.69, 9.17) is 29.8 Å². The highest BCUT2D eigenvalue weighted by Crippen LogP contribution is 2.23. The van der Waals surface area contributed by atoms with Gasteiger partial charge in [-0.3, -0.25) is 4.57 Å². The lowest BCUT2D eigenvalue weighted by molar-refractivity contribution is -0.134. The molecule has 0 aliphatic carbocycles. The van der Waals surface area contributed by atoms with Gasteiger partial charge in [-0.2, -0.15) is 0 Å². The number of aromatic nitrogens is 3. The molecule has 1 fully saturated rings. The van der Waals surface area contributed by atoms with Crippen LogP contribution in [0.5, 0.6) is 0 Å². The fraction of sp³-hybridized carbons (Fsp3) is 0.333. The van der Waals surface area contributed by atoms with Gasteiger partial charge in [-0.05, 0) is 50.6 Å². The van der Waals surface area contributed by atoms with Crippen molar-refractivity contribution in [1.82, 2.24) is 19.4 Å². The van der Waals surface area contributed by atoms with Crippen molar-refractivity contribution in [3.8, 4) is 0 Å². The van der Waals surface area contributed by atoms with E-state index in [2.05, 4.69) is 26.7 Å². The number of nitrogens with one attached hydrogen (secondary N) is 1. The van der Waals surface area contributed by atoms with E-state index in [1.54, 1.807) is 0 Å². The lowest BCUT2D eigenvalue weighted by Crippen LogP contribution is -2.39. The van der Waals surface area contributed by atoms with E-state index in [-0.39, 0.29) is 0 Å². The summed E-state index contributed by atoms with van der Waals surface area (Å²) in [4.78, 5) is 50.0. The Labute approximate surface area is 235 Å². The molecule has 0 saturated carbocycles. The zero-order chi connectivity index (χ0) is 30.4. The van der Waals surface area contributed by atoms with Gasteiger partial charge in [0.15, 0.2) is 5.65 Å². The van der Waals surface area contributed by atoms with Gasteiger partial charge in [-0.1, -0.05) is 6.92 Å². The number of hydrogen-bond acceptors (Lipinski definition) is 9. The van der Waals surface area contributed by atoms with E-state index >= 15 is 0 Å². The summed E-state index contributed by atoms with van der Waals surface area (Å²) >= 11 is 0. The lowest BCUT2D eigenvalue weighted by atomic mass is 10.1. The molecule has 41 heavy (non-hydrogen) atoms. The molecule has 4 heterocycles. The maximum Gasteiger partial charge on any atom is 0.328 e. The number of carbonyl (C=O) groups is 4. The highest BCUT2D eigenvalue weighted by atomic mass is 16.4. The molecule has 1 saturated heterocycles. The van der Waals surface area contributed by atoms with Gasteiger partial charge in [0.1, 0.15) is 17.0 Å². The third-order valence-electron chi connectivity index (χ3n) is 5.72. The van der Waals surface area contributed by atoms with Crippen LogP contribution in [0.3, 0.4) is 0 Å². The molecule has 0 unspecified atom stereocenters. The van der Waals surface area contributed by atoms with Crippen molar-refractivity contribution in [1.29, 1.82) is 0 Å². The van der Waals surface area contributed by atoms with E-state index in [1.807, 2.05) is 37.4 Å². The van der Waals surface area contributed by atoms with Crippen molar-refractivity contribution < 1.29 is 44.0 Å². The monoisotopic (exact) mass is 571 g/mol. The zero-order valence-electron chi connectivity index (χ0n) is 22.6. The van der Waals surface area contributed by atoms with Crippen LogP contribution >= 0.6 is 0 Å². The first kappa shape index (κ1) is 32.2. The highest BCUT2D eigenvalue weighted by Gasteiger charge is 2.21. The summed E-state index contributed by atoms with van der Waals surface area (Å²) in [6, 6.07) is 8.41. The zero-order valence-corrected chi connectivity index (χ0v) is 22.6. The molecule has 1 aliphatic heterocycles. The minimum absolute atomic E-state index is 0.455. The van der Waals surface area contributed by atoms with Gasteiger partial charge in [0, 0.05) is 49.6 Å². The number of fused-ring (bicyclic) bond motifs is 1. The van der Waals surface area contributed by atoms with Crippen molar-refractivity contribution in [3.05, 3.63) is 66.3 Å². The van der Waals surface area contributed by atoms with Crippen LogP contribution < -0.4 is 5.32 Å². The van der Waals surface area contributed by atoms with Crippen molar-refractivity contribution in [3.63, 3.8) is 0 Å². The largest absolute Gasteiger partial charge is 0.478 e. The average Bonchev–Trinajstić information content (AvgIpc) is 3.50. The smallest absolute Gasteiger partial charge is 0.328 e. The SMILES string of the molecule is CCN1CCC(Nc2nc3cccnc3n2Cc2ccc(C)o2)CC1.O=C(O)C=CC(=O)O.O=C(O)C=CC(=O)O. The van der Waals surface area contributed by atoms with E-state index in [0.29, 0.717) is 36.9 Å². The molecule has 0 amide bonds. The molecule has 0 bridgehead atoms. The predicted octanol–water partition coefficient (Wildman–Crippen LogP) is 2.70. The number of likely N-dealkylation sites (tertiary alicyclic amines) is 1. The summed E-state index contributed by atoms with van der Waals surface area (Å²) in [6.45, 7) is 8.25. The van der Waals surface area contributed by atoms with Crippen molar-refractivity contribution >= 4 is 41.0 Å². The van der Waals surface area contributed by atoms with Crippen molar-refractivity contribution in [2.45, 2.75) is 39.3 Å². The van der Waals surface area contributed by atoms with Crippen LogP contribution in [0.4, 0.5) is 5.95 Å². The number of anilines is 1. The fourth-order valence-electron chi connectivity index (χ4n) is 3.81. The van der Waals surface area contributed by atoms with E-state index < -0.39 is 23.9 Å². The summed E-state index contributed by atoms with van der Waals surface area (Å²) in [5, 5.41) is 34.9. The third-order valence-corrected chi connectivity index (χ3v) is 5.72. The molecule has 3 aromatic rings. The number of carboxylic acid groups (broad SMARTS) is 4. The second kappa shape index (κ2) is 16.2. The van der Waals surface area contributed by atoms with E-state index in [1.165, 1.54) is 0 Å². The molecule has 14 heteroatoms. The number of imidazole rings is 1. The van der Waals surface area contributed by atoms with Crippen LogP contribution in [0.25, 0.3) is 11.2 Å². The fourth-order valence-corrected chi connectivity index (χ4v) is 3.81. The summed E-state index contributed by atoms with van der Waals surface area (Å²) in [5.41, 5.74) is 1.81. The van der Waals surface area contributed by atoms with E-state index in [9.17, 15) is 19.2 Å². The highest BCUT2D eigenvalue weighted by molar-refractivity contribution is 5.90. The molecule has 4 rings (SSSR count). The molecular formula is C27H33N5O9. The molecule has 0 aromatic carbocycles. The van der Waals surface area contributed by atoms with Gasteiger partial charge < -0.3 is 35.1 Å². The Hall–Kier alpha value is -4.98. The van der Waals surface area contributed by atoms with Gasteiger partial charge in [0.2, 0.25) is 5.95 Å². The van der Waals surface area contributed by atoms with Gasteiger partial charge in [-0.15, -0.1) is 0 Å². The number of rotatable bonds is 9. The van der Waals surface area contributed by atoms with Gasteiger partial charge in [0.25, 0.3) is 0 Å². The molecule has 220 valence electrons. The lowest BCUT2D eigenvalue weighted by Gasteiger charge is -2.31. The first-order chi connectivity index (χ1) is 19.5. The quantitative estimate of drug-likeness (QED) is 0.234. The number of aryl methyl sites for hydroxylation is 1. The first-order valence-corrected chi connectivity index (χ1v) is 12.6. The van der Waals surface area contributed by atoms with Gasteiger partial charge in [-0.25, -0.2) is 29.1 Å². The number of hydrogen-bond donors (Lipinski definition) is 5. The first-order valence-electron chi connectivity index (χ1n) is 12.6. The standard InChI is InChI=1S/C19H25N5O.2C4H4O4/c1-3-23-11-8-15(9-12-23)21-19-22-17-5-4-10-20-18(17)24(19)13-16-7-6-14(2)25-16;2*5-3(6)1-2-4(7)8/h4-7,10,15H,3,8-9,11-13H2,1-2H3,(H,21,22);2*1-2H,(H,5,6)(H,7,8). The maximum absolute atomic E-state index is 9.55. The van der Waals surface area contributed by atoms with Gasteiger partial charge in [0.05, 0.1) is 6.54 Å². The second-order valence-electron chi connectivity index (χ2n) is 8.75. The molecule has 1 aliphatic rings. The van der Waals surface area contributed by atoms with Crippen LogP contribution in [-0.2, 0) is 25.7 Å². The van der Waals surface area contributed by atoms with Crippen LogP contribution in [0.1, 0.15) is 31.3 Å². The minimum Gasteiger partial charge on any atom is -0.478 e. The van der Waals surface area contributed by atoms with Gasteiger partial charge >= 0.3 is 23.9 Å². The minimum atomic E-state index is -1.26. The Kier molecular flexibility index (Phi) is 12.7. The number of aliphatic carboxylic acids is 4. The number of carboxylic acids is 4. The molecule has 0 spiro atoms. The predicted molar refractivity (Wildman–Crippen MR) is 148 cm³/mol. The van der Waals surface area contributed by atoms with Crippen molar-refractivity contribution in [2.75, 3.05) is 25.0 Å².